The molecule has 6 heteroatoms. The molecule has 118 valence electrons. The first-order valence-electron chi connectivity index (χ1n) is 7.75. The highest BCUT2D eigenvalue weighted by molar-refractivity contribution is 5.90. The van der Waals surface area contributed by atoms with Crippen LogP contribution >= 0.6 is 0 Å². The Hall–Kier alpha value is -2.11. The van der Waals surface area contributed by atoms with Gasteiger partial charge >= 0.3 is 0 Å². The first-order chi connectivity index (χ1) is 10.6. The molecule has 1 aromatic heterocycles. The molecule has 2 fully saturated rings. The Morgan fingerprint density at radius 2 is 2.14 bits per heavy atom. The molecule has 22 heavy (non-hydrogen) atoms. The molecule has 1 aromatic rings. The smallest absolute Gasteiger partial charge is 0.246 e. The minimum atomic E-state index is -0.0837. The zero-order valence-corrected chi connectivity index (χ0v) is 12.9. The summed E-state index contributed by atoms with van der Waals surface area (Å²) in [5.74, 6) is 0.588. The fourth-order valence-electron chi connectivity index (χ4n) is 3.30. The predicted octanol–water partition coefficient (Wildman–Crippen LogP) is 0.455. The highest BCUT2D eigenvalue weighted by Gasteiger charge is 2.39. The molecule has 0 saturated carbocycles. The summed E-state index contributed by atoms with van der Waals surface area (Å²) in [6.45, 7) is 6.18. The number of nitrogens with zero attached hydrogens (tertiary/aromatic N) is 4. The summed E-state index contributed by atoms with van der Waals surface area (Å²) in [7, 11) is 1.95. The molecule has 0 radical (unpaired) electrons. The van der Waals surface area contributed by atoms with Gasteiger partial charge in [-0.2, -0.15) is 5.10 Å². The summed E-state index contributed by atoms with van der Waals surface area (Å²) in [5, 5.41) is 4.19. The van der Waals surface area contributed by atoms with Crippen LogP contribution in [-0.4, -0.2) is 57.6 Å². The highest BCUT2D eigenvalue weighted by Crippen LogP contribution is 2.25. The van der Waals surface area contributed by atoms with E-state index < -0.39 is 0 Å². The van der Waals surface area contributed by atoms with Gasteiger partial charge in [0.15, 0.2) is 0 Å². The van der Waals surface area contributed by atoms with Gasteiger partial charge in [0.25, 0.3) is 0 Å². The molecule has 2 aliphatic rings. The van der Waals surface area contributed by atoms with Crippen LogP contribution in [-0.2, 0) is 23.1 Å². The number of likely N-dealkylation sites (tertiary alicyclic amines) is 2. The second kappa shape index (κ2) is 5.94. The molecule has 2 aliphatic heterocycles. The third-order valence-electron chi connectivity index (χ3n) is 4.73. The first kappa shape index (κ1) is 14.8. The number of hydrogen-bond acceptors (Lipinski definition) is 3. The third-order valence-corrected chi connectivity index (χ3v) is 4.73. The lowest BCUT2D eigenvalue weighted by atomic mass is 9.98. The Balaban J connectivity index is 1.49. The normalized spacial score (nSPS) is 21.8. The Morgan fingerprint density at radius 1 is 1.36 bits per heavy atom. The molecule has 0 aliphatic carbocycles. The molecule has 0 bridgehead atoms. The van der Waals surface area contributed by atoms with E-state index in [1.54, 1.807) is 4.90 Å². The lowest BCUT2D eigenvalue weighted by Gasteiger charge is -2.39. The van der Waals surface area contributed by atoms with Crippen molar-refractivity contribution in [3.8, 4) is 0 Å². The van der Waals surface area contributed by atoms with Crippen molar-refractivity contribution in [2.24, 2.45) is 18.9 Å². The minimum absolute atomic E-state index is 0.0284. The topological polar surface area (TPSA) is 58.4 Å². The molecule has 0 N–H and O–H groups in total. The second-order valence-electron chi connectivity index (χ2n) is 6.23. The van der Waals surface area contributed by atoms with E-state index in [0.717, 1.165) is 25.9 Å². The SMILES string of the molecule is C=CC(=O)N1CC(C(=O)N2CCC(Cc3ccnn3C)C2)C1. The van der Waals surface area contributed by atoms with Crippen molar-refractivity contribution in [2.45, 2.75) is 12.8 Å². The quantitative estimate of drug-likeness (QED) is 0.759. The van der Waals surface area contributed by atoms with E-state index in [0.29, 0.717) is 19.0 Å². The van der Waals surface area contributed by atoms with E-state index in [4.69, 9.17) is 0 Å². The summed E-state index contributed by atoms with van der Waals surface area (Å²) in [4.78, 5) is 27.5. The molecule has 1 unspecified atom stereocenters. The maximum absolute atomic E-state index is 12.4. The molecule has 6 nitrogen and oxygen atoms in total. The van der Waals surface area contributed by atoms with Gasteiger partial charge in [0.05, 0.1) is 5.92 Å². The molecular weight excluding hydrogens is 280 g/mol. The van der Waals surface area contributed by atoms with E-state index in [-0.39, 0.29) is 17.7 Å². The molecule has 3 heterocycles. The van der Waals surface area contributed by atoms with Gasteiger partial charge < -0.3 is 9.80 Å². The van der Waals surface area contributed by atoms with Crippen LogP contribution < -0.4 is 0 Å². The maximum atomic E-state index is 12.4. The van der Waals surface area contributed by atoms with E-state index in [1.165, 1.54) is 11.8 Å². The minimum Gasteiger partial charge on any atom is -0.342 e. The van der Waals surface area contributed by atoms with Crippen molar-refractivity contribution < 1.29 is 9.59 Å². The van der Waals surface area contributed by atoms with Gasteiger partial charge in [-0.05, 0) is 30.9 Å². The number of hydrogen-bond donors (Lipinski definition) is 0. The fourth-order valence-corrected chi connectivity index (χ4v) is 3.30. The molecular formula is C16H22N4O2. The number of aromatic nitrogens is 2. The van der Waals surface area contributed by atoms with Gasteiger partial charge in [-0.3, -0.25) is 14.3 Å². The molecule has 2 amide bonds. The number of aryl methyl sites for hydroxylation is 1. The fraction of sp³-hybridized carbons (Fsp3) is 0.562. The molecule has 2 saturated heterocycles. The average molecular weight is 302 g/mol. The molecule has 0 spiro atoms. The van der Waals surface area contributed by atoms with Gasteiger partial charge in [-0.25, -0.2) is 0 Å². The van der Waals surface area contributed by atoms with Crippen molar-refractivity contribution in [1.29, 1.82) is 0 Å². The van der Waals surface area contributed by atoms with Crippen LogP contribution in [0, 0.1) is 11.8 Å². The van der Waals surface area contributed by atoms with Gasteiger partial charge in [-0.15, -0.1) is 0 Å². The monoisotopic (exact) mass is 302 g/mol. The zero-order valence-electron chi connectivity index (χ0n) is 12.9. The van der Waals surface area contributed by atoms with Crippen LogP contribution in [0.15, 0.2) is 24.9 Å². The number of rotatable bonds is 4. The maximum Gasteiger partial charge on any atom is 0.246 e. The molecule has 0 aromatic carbocycles. The number of amides is 2. The van der Waals surface area contributed by atoms with E-state index in [2.05, 4.69) is 11.7 Å². The van der Waals surface area contributed by atoms with Crippen LogP contribution in [0.1, 0.15) is 12.1 Å². The van der Waals surface area contributed by atoms with E-state index in [9.17, 15) is 9.59 Å². The number of carbonyl (C=O) groups excluding carboxylic acids is 2. The average Bonchev–Trinajstić information content (AvgIpc) is 3.07. The van der Waals surface area contributed by atoms with Crippen LogP contribution in [0.3, 0.4) is 0 Å². The van der Waals surface area contributed by atoms with Crippen molar-refractivity contribution in [1.82, 2.24) is 19.6 Å². The van der Waals surface area contributed by atoms with E-state index >= 15 is 0 Å². The Labute approximate surface area is 130 Å². The van der Waals surface area contributed by atoms with Crippen LogP contribution in [0.4, 0.5) is 0 Å². The van der Waals surface area contributed by atoms with Crippen molar-refractivity contribution >= 4 is 11.8 Å². The standard InChI is InChI=1S/C16H22N4O2/c1-3-15(21)20-10-13(11-20)16(22)19-7-5-12(9-19)8-14-4-6-17-18(14)2/h3-4,6,12-13H,1,5,7-11H2,2H3. The number of carbonyl (C=O) groups is 2. The van der Waals surface area contributed by atoms with Crippen LogP contribution in [0.5, 0.6) is 0 Å². The first-order valence-corrected chi connectivity index (χ1v) is 7.75. The van der Waals surface area contributed by atoms with Crippen LogP contribution in [0.2, 0.25) is 0 Å². The summed E-state index contributed by atoms with van der Waals surface area (Å²) >= 11 is 0. The zero-order chi connectivity index (χ0) is 15.7. The van der Waals surface area contributed by atoms with Gasteiger partial charge in [0, 0.05) is 45.1 Å². The van der Waals surface area contributed by atoms with Crippen molar-refractivity contribution in [3.05, 3.63) is 30.6 Å². The Bertz CT molecular complexity index is 589. The van der Waals surface area contributed by atoms with Gasteiger partial charge in [0.1, 0.15) is 0 Å². The van der Waals surface area contributed by atoms with E-state index in [1.807, 2.05) is 28.9 Å². The third kappa shape index (κ3) is 2.77. The summed E-state index contributed by atoms with van der Waals surface area (Å²) < 4.78 is 1.90. The van der Waals surface area contributed by atoms with Gasteiger partial charge in [0.2, 0.25) is 11.8 Å². The van der Waals surface area contributed by atoms with Crippen molar-refractivity contribution in [3.63, 3.8) is 0 Å². The Morgan fingerprint density at radius 3 is 2.77 bits per heavy atom. The second-order valence-corrected chi connectivity index (χ2v) is 6.23. The summed E-state index contributed by atoms with van der Waals surface area (Å²) in [5.41, 5.74) is 1.21. The Kier molecular flexibility index (Phi) is 4.00. The molecule has 3 rings (SSSR count). The lowest BCUT2D eigenvalue weighted by Crippen LogP contribution is -2.55. The lowest BCUT2D eigenvalue weighted by molar-refractivity contribution is -0.145. The summed E-state index contributed by atoms with van der Waals surface area (Å²) in [6, 6.07) is 2.04. The summed E-state index contributed by atoms with van der Waals surface area (Å²) in [6.07, 6.45) is 5.12. The molecule has 1 atom stereocenters. The highest BCUT2D eigenvalue weighted by atomic mass is 16.2. The van der Waals surface area contributed by atoms with Crippen LogP contribution in [0.25, 0.3) is 0 Å². The van der Waals surface area contributed by atoms with Gasteiger partial charge in [-0.1, -0.05) is 6.58 Å². The largest absolute Gasteiger partial charge is 0.342 e. The van der Waals surface area contributed by atoms with Crippen molar-refractivity contribution in [2.75, 3.05) is 26.2 Å². The predicted molar refractivity (Wildman–Crippen MR) is 81.9 cm³/mol.